The number of hydrogen-bond donors (Lipinski definition) is 0. The fraction of sp³-hybridized carbons (Fsp3) is 0.467. The van der Waals surface area contributed by atoms with Crippen LogP contribution in [0.5, 0.6) is 0 Å². The summed E-state index contributed by atoms with van der Waals surface area (Å²) in [7, 11) is 0. The van der Waals surface area contributed by atoms with Crippen LogP contribution in [-0.2, 0) is 4.74 Å². The summed E-state index contributed by atoms with van der Waals surface area (Å²) in [4.78, 5) is 16.1. The normalized spacial score (nSPS) is 16.0. The van der Waals surface area contributed by atoms with Gasteiger partial charge in [0.05, 0.1) is 13.0 Å². The Balaban J connectivity index is 2.02. The second-order valence-electron chi connectivity index (χ2n) is 4.66. The van der Waals surface area contributed by atoms with Crippen LogP contribution >= 0.6 is 0 Å². The Hall–Kier alpha value is -1.64. The molecule has 96 valence electrons. The molecule has 3 heteroatoms. The molecule has 0 saturated carbocycles. The summed E-state index contributed by atoms with van der Waals surface area (Å²) in [5.41, 5.74) is 2.02. The van der Waals surface area contributed by atoms with Crippen LogP contribution in [0.3, 0.4) is 0 Å². The minimum absolute atomic E-state index is 0.0753. The molecule has 1 atom stereocenters. The lowest BCUT2D eigenvalue weighted by Crippen LogP contribution is -2.08. The maximum atomic E-state index is 12.0. The summed E-state index contributed by atoms with van der Waals surface area (Å²) in [6.07, 6.45) is 1.39. The third-order valence-electron chi connectivity index (χ3n) is 3.37. The van der Waals surface area contributed by atoms with Crippen LogP contribution in [0.1, 0.15) is 48.5 Å². The second kappa shape index (κ2) is 5.80. The molecule has 0 saturated heterocycles. The van der Waals surface area contributed by atoms with Crippen molar-refractivity contribution < 1.29 is 9.53 Å². The van der Waals surface area contributed by atoms with E-state index in [1.165, 1.54) is 5.56 Å². The SMILES string of the molecule is CCC(C)c1ccc(C(=O)CC2=NCCO2)cc1. The van der Waals surface area contributed by atoms with Crippen molar-refractivity contribution in [1.29, 1.82) is 0 Å². The molecular weight excluding hydrogens is 226 g/mol. The van der Waals surface area contributed by atoms with Gasteiger partial charge in [0, 0.05) is 5.56 Å². The number of carbonyl (C=O) groups excluding carboxylic acids is 1. The maximum Gasteiger partial charge on any atom is 0.191 e. The van der Waals surface area contributed by atoms with Gasteiger partial charge in [-0.2, -0.15) is 0 Å². The number of aliphatic imine (C=N–C) groups is 1. The van der Waals surface area contributed by atoms with E-state index in [-0.39, 0.29) is 12.2 Å². The van der Waals surface area contributed by atoms with Gasteiger partial charge in [0.2, 0.25) is 0 Å². The zero-order chi connectivity index (χ0) is 13.0. The third-order valence-corrected chi connectivity index (χ3v) is 3.37. The van der Waals surface area contributed by atoms with E-state index in [1.54, 1.807) is 0 Å². The van der Waals surface area contributed by atoms with Gasteiger partial charge in [-0.05, 0) is 17.9 Å². The van der Waals surface area contributed by atoms with Gasteiger partial charge in [-0.25, -0.2) is 0 Å². The highest BCUT2D eigenvalue weighted by molar-refractivity contribution is 6.07. The van der Waals surface area contributed by atoms with Crippen molar-refractivity contribution in [2.75, 3.05) is 13.2 Å². The van der Waals surface area contributed by atoms with Gasteiger partial charge in [0.25, 0.3) is 0 Å². The van der Waals surface area contributed by atoms with Crippen molar-refractivity contribution in [2.45, 2.75) is 32.6 Å². The lowest BCUT2D eigenvalue weighted by atomic mass is 9.96. The molecule has 1 aliphatic heterocycles. The Morgan fingerprint density at radius 1 is 1.39 bits per heavy atom. The predicted molar refractivity (Wildman–Crippen MR) is 72.3 cm³/mol. The van der Waals surface area contributed by atoms with Crippen molar-refractivity contribution in [1.82, 2.24) is 0 Å². The van der Waals surface area contributed by atoms with Crippen molar-refractivity contribution >= 4 is 11.7 Å². The Kier molecular flexibility index (Phi) is 4.13. The van der Waals surface area contributed by atoms with Gasteiger partial charge < -0.3 is 4.74 Å². The van der Waals surface area contributed by atoms with Crippen LogP contribution < -0.4 is 0 Å². The van der Waals surface area contributed by atoms with Crippen LogP contribution in [0.2, 0.25) is 0 Å². The number of ketones is 1. The maximum absolute atomic E-state index is 12.0. The first-order valence-electron chi connectivity index (χ1n) is 6.50. The molecule has 1 heterocycles. The van der Waals surface area contributed by atoms with Crippen LogP contribution in [-0.4, -0.2) is 24.8 Å². The van der Waals surface area contributed by atoms with Gasteiger partial charge >= 0.3 is 0 Å². The average molecular weight is 245 g/mol. The fourth-order valence-corrected chi connectivity index (χ4v) is 1.96. The first-order valence-corrected chi connectivity index (χ1v) is 6.50. The molecule has 3 nitrogen and oxygen atoms in total. The molecule has 1 aliphatic rings. The topological polar surface area (TPSA) is 38.7 Å². The number of nitrogens with zero attached hydrogens (tertiary/aromatic N) is 1. The van der Waals surface area contributed by atoms with Gasteiger partial charge in [0.15, 0.2) is 11.7 Å². The van der Waals surface area contributed by atoms with Crippen molar-refractivity contribution in [3.8, 4) is 0 Å². The van der Waals surface area contributed by atoms with Crippen molar-refractivity contribution in [3.63, 3.8) is 0 Å². The molecule has 0 spiro atoms. The standard InChI is InChI=1S/C15H19NO2/c1-3-11(2)12-4-6-13(7-5-12)14(17)10-15-16-8-9-18-15/h4-7,11H,3,8-10H2,1-2H3. The fourth-order valence-electron chi connectivity index (χ4n) is 1.96. The van der Waals surface area contributed by atoms with E-state index in [0.29, 0.717) is 25.0 Å². The van der Waals surface area contributed by atoms with Gasteiger partial charge in [-0.15, -0.1) is 0 Å². The van der Waals surface area contributed by atoms with E-state index in [2.05, 4.69) is 18.8 Å². The Labute approximate surface area is 108 Å². The third kappa shape index (κ3) is 2.97. The lowest BCUT2D eigenvalue weighted by molar-refractivity contribution is 0.0994. The summed E-state index contributed by atoms with van der Waals surface area (Å²) in [6.45, 7) is 5.64. The molecule has 0 bridgehead atoms. The summed E-state index contributed by atoms with van der Waals surface area (Å²) >= 11 is 0. The summed E-state index contributed by atoms with van der Waals surface area (Å²) in [6, 6.07) is 7.89. The highest BCUT2D eigenvalue weighted by Crippen LogP contribution is 2.19. The lowest BCUT2D eigenvalue weighted by Gasteiger charge is -2.09. The molecule has 2 rings (SSSR count). The molecule has 1 aromatic carbocycles. The second-order valence-corrected chi connectivity index (χ2v) is 4.66. The molecule has 0 aliphatic carbocycles. The Morgan fingerprint density at radius 3 is 2.67 bits per heavy atom. The molecule has 0 aromatic heterocycles. The van der Waals surface area contributed by atoms with Gasteiger partial charge in [0.1, 0.15) is 6.61 Å². The zero-order valence-corrected chi connectivity index (χ0v) is 11.0. The molecule has 0 amide bonds. The molecular formula is C15H19NO2. The van der Waals surface area contributed by atoms with Crippen molar-refractivity contribution in [3.05, 3.63) is 35.4 Å². The van der Waals surface area contributed by atoms with Gasteiger partial charge in [-0.3, -0.25) is 9.79 Å². The number of Topliss-reactive ketones (excluding diaryl/α,β-unsaturated/α-hetero) is 1. The average Bonchev–Trinajstić information content (AvgIpc) is 2.91. The number of ether oxygens (including phenoxy) is 1. The number of rotatable bonds is 5. The van der Waals surface area contributed by atoms with E-state index in [0.717, 1.165) is 12.0 Å². The Morgan fingerprint density at radius 2 is 2.11 bits per heavy atom. The van der Waals surface area contributed by atoms with Crippen molar-refractivity contribution in [2.24, 2.45) is 4.99 Å². The monoisotopic (exact) mass is 245 g/mol. The first-order chi connectivity index (χ1) is 8.70. The first kappa shape index (κ1) is 12.8. The number of carbonyl (C=O) groups is 1. The minimum Gasteiger partial charge on any atom is -0.479 e. The molecule has 0 N–H and O–H groups in total. The van der Waals surface area contributed by atoms with E-state index < -0.39 is 0 Å². The number of hydrogen-bond acceptors (Lipinski definition) is 3. The Bertz CT molecular complexity index is 448. The van der Waals surface area contributed by atoms with E-state index in [4.69, 9.17) is 4.74 Å². The quantitative estimate of drug-likeness (QED) is 0.747. The summed E-state index contributed by atoms with van der Waals surface area (Å²) < 4.78 is 5.25. The summed E-state index contributed by atoms with van der Waals surface area (Å²) in [5, 5.41) is 0. The van der Waals surface area contributed by atoms with E-state index in [9.17, 15) is 4.79 Å². The van der Waals surface area contributed by atoms with E-state index >= 15 is 0 Å². The van der Waals surface area contributed by atoms with Crippen LogP contribution in [0.4, 0.5) is 0 Å². The highest BCUT2D eigenvalue weighted by atomic mass is 16.5. The molecule has 1 unspecified atom stereocenters. The summed E-state index contributed by atoms with van der Waals surface area (Å²) in [5.74, 6) is 1.19. The molecule has 0 radical (unpaired) electrons. The smallest absolute Gasteiger partial charge is 0.191 e. The zero-order valence-electron chi connectivity index (χ0n) is 11.0. The minimum atomic E-state index is 0.0753. The van der Waals surface area contributed by atoms with Crippen LogP contribution in [0.25, 0.3) is 0 Å². The van der Waals surface area contributed by atoms with Gasteiger partial charge in [-0.1, -0.05) is 38.1 Å². The molecule has 0 fully saturated rings. The molecule has 18 heavy (non-hydrogen) atoms. The van der Waals surface area contributed by atoms with E-state index in [1.807, 2.05) is 24.3 Å². The van der Waals surface area contributed by atoms with Crippen LogP contribution in [0, 0.1) is 0 Å². The number of benzene rings is 1. The largest absolute Gasteiger partial charge is 0.479 e. The highest BCUT2D eigenvalue weighted by Gasteiger charge is 2.14. The van der Waals surface area contributed by atoms with Crippen LogP contribution in [0.15, 0.2) is 29.3 Å². The molecule has 1 aromatic rings. The predicted octanol–water partition coefficient (Wildman–Crippen LogP) is 3.20.